The van der Waals surface area contributed by atoms with Crippen LogP contribution in [0.2, 0.25) is 0 Å². The number of hydrogen-bond donors (Lipinski definition) is 1. The van der Waals surface area contributed by atoms with Crippen LogP contribution >= 0.6 is 0 Å². The second kappa shape index (κ2) is 6.21. The topological polar surface area (TPSA) is 29.3 Å². The van der Waals surface area contributed by atoms with Crippen molar-refractivity contribution in [2.75, 3.05) is 17.7 Å². The van der Waals surface area contributed by atoms with Crippen molar-refractivity contribution in [2.45, 2.75) is 39.5 Å². The summed E-state index contributed by atoms with van der Waals surface area (Å²) in [6.45, 7) is 8.93. The summed E-state index contributed by atoms with van der Waals surface area (Å²) in [7, 11) is 2.07. The van der Waals surface area contributed by atoms with E-state index in [-0.39, 0.29) is 0 Å². The molecule has 0 radical (unpaired) electrons. The highest BCUT2D eigenvalue weighted by Gasteiger charge is 2.16. The third-order valence-electron chi connectivity index (χ3n) is 3.98. The molecule has 2 N–H and O–H groups in total. The number of nitrogens with two attached hydrogens (primary N) is 1. The lowest BCUT2D eigenvalue weighted by Gasteiger charge is -2.25. The van der Waals surface area contributed by atoms with E-state index in [1.807, 2.05) is 18.2 Å². The van der Waals surface area contributed by atoms with E-state index in [9.17, 15) is 0 Å². The van der Waals surface area contributed by atoms with E-state index >= 15 is 0 Å². The monoisotopic (exact) mass is 282 g/mol. The summed E-state index contributed by atoms with van der Waals surface area (Å²) in [5, 5.41) is 0. The third-order valence-corrected chi connectivity index (χ3v) is 3.98. The lowest BCUT2D eigenvalue weighted by Crippen LogP contribution is -2.13. The minimum absolute atomic E-state index is 0.487. The lowest BCUT2D eigenvalue weighted by atomic mass is 9.89. The molecule has 0 heterocycles. The third kappa shape index (κ3) is 3.21. The summed E-state index contributed by atoms with van der Waals surface area (Å²) in [6, 6.07) is 14.7. The maximum atomic E-state index is 6.32. The number of hydrogen-bond acceptors (Lipinski definition) is 2. The Morgan fingerprint density at radius 3 is 1.90 bits per heavy atom. The van der Waals surface area contributed by atoms with Gasteiger partial charge in [-0.1, -0.05) is 45.9 Å². The normalized spacial score (nSPS) is 11.2. The molecule has 112 valence electrons. The van der Waals surface area contributed by atoms with Crippen molar-refractivity contribution in [3.8, 4) is 0 Å². The number of rotatable bonds is 4. The quantitative estimate of drug-likeness (QED) is 0.773. The predicted molar refractivity (Wildman–Crippen MR) is 93.5 cm³/mol. The van der Waals surface area contributed by atoms with Crippen molar-refractivity contribution in [3.63, 3.8) is 0 Å². The standard InChI is InChI=1S/C19H26N2/c1-13(2)16-11-18(20)19(12-17(16)14(3)4)21(5)15-9-7-6-8-10-15/h6-14H,20H2,1-5H3. The molecule has 0 aromatic heterocycles. The molecule has 0 unspecified atom stereocenters. The molecule has 0 bridgehead atoms. The van der Waals surface area contributed by atoms with Gasteiger partial charge in [0.15, 0.2) is 0 Å². The van der Waals surface area contributed by atoms with E-state index in [1.54, 1.807) is 0 Å². The van der Waals surface area contributed by atoms with Gasteiger partial charge >= 0.3 is 0 Å². The van der Waals surface area contributed by atoms with Gasteiger partial charge in [-0.05, 0) is 47.2 Å². The number of para-hydroxylation sites is 1. The van der Waals surface area contributed by atoms with Crippen LogP contribution in [-0.2, 0) is 0 Å². The Bertz CT molecular complexity index is 600. The van der Waals surface area contributed by atoms with Crippen molar-refractivity contribution in [3.05, 3.63) is 53.6 Å². The smallest absolute Gasteiger partial charge is 0.0644 e. The van der Waals surface area contributed by atoms with Gasteiger partial charge < -0.3 is 10.6 Å². The second-order valence-corrected chi connectivity index (χ2v) is 6.24. The minimum atomic E-state index is 0.487. The van der Waals surface area contributed by atoms with Crippen LogP contribution in [0.25, 0.3) is 0 Å². The number of anilines is 3. The molecular weight excluding hydrogens is 256 g/mol. The molecule has 0 saturated carbocycles. The van der Waals surface area contributed by atoms with Crippen molar-refractivity contribution in [2.24, 2.45) is 0 Å². The first-order valence-corrected chi connectivity index (χ1v) is 7.64. The molecule has 2 aromatic rings. The Morgan fingerprint density at radius 2 is 1.38 bits per heavy atom. The summed E-state index contributed by atoms with van der Waals surface area (Å²) >= 11 is 0. The van der Waals surface area contributed by atoms with Crippen LogP contribution < -0.4 is 10.6 Å². The van der Waals surface area contributed by atoms with Gasteiger partial charge in [-0.25, -0.2) is 0 Å². The van der Waals surface area contributed by atoms with Gasteiger partial charge in [-0.3, -0.25) is 0 Å². The van der Waals surface area contributed by atoms with E-state index in [4.69, 9.17) is 5.73 Å². The average Bonchev–Trinajstić information content (AvgIpc) is 2.46. The zero-order valence-corrected chi connectivity index (χ0v) is 13.7. The molecule has 2 heteroatoms. The highest BCUT2D eigenvalue weighted by Crippen LogP contribution is 2.36. The van der Waals surface area contributed by atoms with Crippen molar-refractivity contribution < 1.29 is 0 Å². The van der Waals surface area contributed by atoms with Crippen LogP contribution in [0.1, 0.15) is 50.7 Å². The molecule has 0 aliphatic carbocycles. The molecule has 21 heavy (non-hydrogen) atoms. The molecule has 0 saturated heterocycles. The van der Waals surface area contributed by atoms with Gasteiger partial charge in [-0.2, -0.15) is 0 Å². The molecule has 2 aromatic carbocycles. The fourth-order valence-electron chi connectivity index (χ4n) is 2.72. The second-order valence-electron chi connectivity index (χ2n) is 6.24. The highest BCUT2D eigenvalue weighted by atomic mass is 15.1. The van der Waals surface area contributed by atoms with E-state index in [0.29, 0.717) is 11.8 Å². The summed E-state index contributed by atoms with van der Waals surface area (Å²) in [5.41, 5.74) is 12.1. The Labute approximate surface area is 128 Å². The molecule has 2 nitrogen and oxygen atoms in total. The van der Waals surface area contributed by atoms with E-state index in [1.165, 1.54) is 11.1 Å². The maximum absolute atomic E-state index is 6.32. The Hall–Kier alpha value is -1.96. The molecule has 0 atom stereocenters. The van der Waals surface area contributed by atoms with Crippen LogP contribution in [0.15, 0.2) is 42.5 Å². The van der Waals surface area contributed by atoms with Crippen molar-refractivity contribution in [1.82, 2.24) is 0 Å². The number of nitrogens with zero attached hydrogens (tertiary/aromatic N) is 1. The van der Waals surface area contributed by atoms with Gasteiger partial charge in [0, 0.05) is 12.7 Å². The SMILES string of the molecule is CC(C)c1cc(N)c(N(C)c2ccccc2)cc1C(C)C. The maximum Gasteiger partial charge on any atom is 0.0644 e. The van der Waals surface area contributed by atoms with Gasteiger partial charge in [0.05, 0.1) is 11.4 Å². The van der Waals surface area contributed by atoms with Crippen molar-refractivity contribution >= 4 is 17.1 Å². The first-order chi connectivity index (χ1) is 9.91. The zero-order valence-electron chi connectivity index (χ0n) is 13.7. The van der Waals surface area contributed by atoms with Crippen molar-refractivity contribution in [1.29, 1.82) is 0 Å². The Kier molecular flexibility index (Phi) is 4.56. The molecule has 0 amide bonds. The average molecular weight is 282 g/mol. The first kappa shape index (κ1) is 15.4. The van der Waals surface area contributed by atoms with E-state index < -0.39 is 0 Å². The van der Waals surface area contributed by atoms with Crippen LogP contribution in [0.5, 0.6) is 0 Å². The van der Waals surface area contributed by atoms with Gasteiger partial charge in [0.25, 0.3) is 0 Å². The van der Waals surface area contributed by atoms with Crippen LogP contribution in [0.3, 0.4) is 0 Å². The van der Waals surface area contributed by atoms with Gasteiger partial charge in [0.1, 0.15) is 0 Å². The molecular formula is C19H26N2. The van der Waals surface area contributed by atoms with Crippen LogP contribution in [-0.4, -0.2) is 7.05 Å². The molecule has 2 rings (SSSR count). The van der Waals surface area contributed by atoms with Crippen LogP contribution in [0, 0.1) is 0 Å². The largest absolute Gasteiger partial charge is 0.397 e. The zero-order chi connectivity index (χ0) is 15.6. The summed E-state index contributed by atoms with van der Waals surface area (Å²) in [4.78, 5) is 2.16. The Balaban J connectivity index is 2.52. The molecule has 0 aliphatic rings. The highest BCUT2D eigenvalue weighted by molar-refractivity contribution is 5.76. The van der Waals surface area contributed by atoms with Gasteiger partial charge in [0.2, 0.25) is 0 Å². The fourth-order valence-corrected chi connectivity index (χ4v) is 2.72. The summed E-state index contributed by atoms with van der Waals surface area (Å²) < 4.78 is 0. The van der Waals surface area contributed by atoms with E-state index in [0.717, 1.165) is 17.1 Å². The minimum Gasteiger partial charge on any atom is -0.397 e. The number of nitrogen functional groups attached to an aromatic ring is 1. The Morgan fingerprint density at radius 1 is 0.857 bits per heavy atom. The fraction of sp³-hybridized carbons (Fsp3) is 0.368. The predicted octanol–water partition coefficient (Wildman–Crippen LogP) is 5.28. The molecule has 0 fully saturated rings. The molecule has 0 spiro atoms. The summed E-state index contributed by atoms with van der Waals surface area (Å²) in [5.74, 6) is 0.978. The molecule has 0 aliphatic heterocycles. The van der Waals surface area contributed by atoms with Crippen LogP contribution in [0.4, 0.5) is 17.1 Å². The summed E-state index contributed by atoms with van der Waals surface area (Å²) in [6.07, 6.45) is 0. The van der Waals surface area contributed by atoms with E-state index in [2.05, 4.69) is 63.9 Å². The first-order valence-electron chi connectivity index (χ1n) is 7.64. The lowest BCUT2D eigenvalue weighted by molar-refractivity contribution is 0.790. The number of benzene rings is 2. The van der Waals surface area contributed by atoms with Gasteiger partial charge in [-0.15, -0.1) is 0 Å².